The Labute approximate surface area is 155 Å². The Morgan fingerprint density at radius 2 is 1.81 bits per heavy atom. The molecule has 4 aromatic rings. The van der Waals surface area contributed by atoms with Crippen molar-refractivity contribution < 1.29 is 4.79 Å². The normalized spacial score (nSPS) is 10.7. The highest BCUT2D eigenvalue weighted by molar-refractivity contribution is 5.94. The maximum absolute atomic E-state index is 12.5. The van der Waals surface area contributed by atoms with Crippen molar-refractivity contribution in [2.75, 3.05) is 0 Å². The number of carbonyl (C=O) groups is 1. The first-order valence-electron chi connectivity index (χ1n) is 8.44. The molecule has 0 unspecified atom stereocenters. The predicted octanol–water partition coefficient (Wildman–Crippen LogP) is 1.84. The van der Waals surface area contributed by atoms with E-state index in [2.05, 4.69) is 31.9 Å². The number of amides is 1. The highest BCUT2D eigenvalue weighted by Gasteiger charge is 2.08. The van der Waals surface area contributed by atoms with Gasteiger partial charge in [-0.25, -0.2) is 9.67 Å². The lowest BCUT2D eigenvalue weighted by atomic mass is 10.1. The van der Waals surface area contributed by atoms with Crippen LogP contribution in [0.15, 0.2) is 73.6 Å². The van der Waals surface area contributed by atoms with Gasteiger partial charge in [-0.05, 0) is 45.8 Å². The molecule has 0 aliphatic heterocycles. The number of nitrogens with one attached hydrogen (secondary N) is 1. The van der Waals surface area contributed by atoms with E-state index in [4.69, 9.17) is 0 Å². The maximum atomic E-state index is 12.5. The van der Waals surface area contributed by atoms with Crippen molar-refractivity contribution >= 4 is 5.91 Å². The van der Waals surface area contributed by atoms with Gasteiger partial charge in [0.15, 0.2) is 0 Å². The Morgan fingerprint density at radius 1 is 1.00 bits per heavy atom. The second-order valence-electron chi connectivity index (χ2n) is 5.99. The number of carbonyl (C=O) groups excluding carboxylic acids is 1. The molecule has 0 aliphatic rings. The van der Waals surface area contributed by atoms with E-state index in [1.165, 1.54) is 11.0 Å². The van der Waals surface area contributed by atoms with Gasteiger partial charge in [0.1, 0.15) is 6.33 Å². The van der Waals surface area contributed by atoms with Crippen LogP contribution in [-0.4, -0.2) is 35.7 Å². The summed E-state index contributed by atoms with van der Waals surface area (Å²) in [5.74, 6) is -0.129. The van der Waals surface area contributed by atoms with Crippen molar-refractivity contribution in [3.63, 3.8) is 0 Å². The van der Waals surface area contributed by atoms with Gasteiger partial charge < -0.3 is 9.88 Å². The molecule has 1 N–H and O–H groups in total. The molecular formula is C19H17N7O. The van der Waals surface area contributed by atoms with Crippen LogP contribution in [-0.2, 0) is 13.1 Å². The summed E-state index contributed by atoms with van der Waals surface area (Å²) in [7, 11) is 0. The van der Waals surface area contributed by atoms with Crippen LogP contribution in [0.1, 0.15) is 21.5 Å². The third-order valence-electron chi connectivity index (χ3n) is 4.21. The quantitative estimate of drug-likeness (QED) is 0.567. The summed E-state index contributed by atoms with van der Waals surface area (Å²) in [4.78, 5) is 16.5. The van der Waals surface area contributed by atoms with Crippen LogP contribution in [0.4, 0.5) is 0 Å². The van der Waals surface area contributed by atoms with E-state index < -0.39 is 0 Å². The lowest BCUT2D eigenvalue weighted by Gasteiger charge is -2.11. The lowest BCUT2D eigenvalue weighted by molar-refractivity contribution is 0.0951. The maximum Gasteiger partial charge on any atom is 0.251 e. The van der Waals surface area contributed by atoms with E-state index in [1.807, 2.05) is 29.0 Å². The standard InChI is InChI=1S/C19H17N7O/c27-19(15-5-7-18(8-6-15)26-14-22-23-24-26)21-11-16-3-1-2-4-17(16)12-25-10-9-20-13-25/h1-10,13-14H,11-12H2,(H,21,27). The molecule has 0 radical (unpaired) electrons. The first kappa shape index (κ1) is 16.6. The third kappa shape index (κ3) is 3.90. The SMILES string of the molecule is O=C(NCc1ccccc1Cn1ccnc1)c1ccc(-n2cnnn2)cc1. The van der Waals surface area contributed by atoms with Gasteiger partial charge in [-0.1, -0.05) is 24.3 Å². The van der Waals surface area contributed by atoms with Gasteiger partial charge in [-0.3, -0.25) is 4.79 Å². The van der Waals surface area contributed by atoms with E-state index in [0.717, 1.165) is 16.8 Å². The highest BCUT2D eigenvalue weighted by Crippen LogP contribution is 2.12. The number of benzene rings is 2. The Bertz CT molecular complexity index is 1010. The number of hydrogen-bond donors (Lipinski definition) is 1. The molecule has 1 amide bonds. The molecule has 134 valence electrons. The summed E-state index contributed by atoms with van der Waals surface area (Å²) in [6.45, 7) is 1.17. The summed E-state index contributed by atoms with van der Waals surface area (Å²) in [6, 6.07) is 15.2. The topological polar surface area (TPSA) is 90.5 Å². The highest BCUT2D eigenvalue weighted by atomic mass is 16.1. The number of nitrogens with zero attached hydrogens (tertiary/aromatic N) is 6. The first-order valence-corrected chi connectivity index (χ1v) is 8.44. The largest absolute Gasteiger partial charge is 0.348 e. The van der Waals surface area contributed by atoms with E-state index in [-0.39, 0.29) is 5.91 Å². The van der Waals surface area contributed by atoms with Crippen molar-refractivity contribution in [2.24, 2.45) is 0 Å². The van der Waals surface area contributed by atoms with Gasteiger partial charge in [-0.2, -0.15) is 0 Å². The smallest absolute Gasteiger partial charge is 0.251 e. The van der Waals surface area contributed by atoms with Crippen LogP contribution in [0.3, 0.4) is 0 Å². The number of hydrogen-bond acceptors (Lipinski definition) is 5. The van der Waals surface area contributed by atoms with Crippen molar-refractivity contribution in [3.8, 4) is 5.69 Å². The molecule has 27 heavy (non-hydrogen) atoms. The Morgan fingerprint density at radius 3 is 2.52 bits per heavy atom. The van der Waals surface area contributed by atoms with Crippen LogP contribution in [0.5, 0.6) is 0 Å². The molecule has 8 nitrogen and oxygen atoms in total. The molecule has 8 heteroatoms. The average molecular weight is 359 g/mol. The van der Waals surface area contributed by atoms with Crippen molar-refractivity contribution in [1.29, 1.82) is 0 Å². The second-order valence-corrected chi connectivity index (χ2v) is 5.99. The summed E-state index contributed by atoms with van der Waals surface area (Å²) < 4.78 is 3.53. The van der Waals surface area contributed by atoms with E-state index in [9.17, 15) is 4.79 Å². The van der Waals surface area contributed by atoms with Gasteiger partial charge in [0, 0.05) is 31.0 Å². The molecule has 0 spiro atoms. The first-order chi connectivity index (χ1) is 13.3. The Hall–Kier alpha value is -3.81. The molecule has 2 aromatic heterocycles. The molecule has 0 aliphatic carbocycles. The van der Waals surface area contributed by atoms with Crippen LogP contribution in [0.25, 0.3) is 5.69 Å². The second kappa shape index (κ2) is 7.61. The number of tetrazole rings is 1. The molecular weight excluding hydrogens is 342 g/mol. The lowest BCUT2D eigenvalue weighted by Crippen LogP contribution is -2.23. The van der Waals surface area contributed by atoms with Crippen molar-refractivity contribution in [1.82, 2.24) is 35.1 Å². The van der Waals surface area contributed by atoms with E-state index >= 15 is 0 Å². The fourth-order valence-electron chi connectivity index (χ4n) is 2.78. The van der Waals surface area contributed by atoms with Gasteiger partial charge >= 0.3 is 0 Å². The fraction of sp³-hybridized carbons (Fsp3) is 0.105. The molecule has 0 saturated heterocycles. The fourth-order valence-corrected chi connectivity index (χ4v) is 2.78. The molecule has 4 rings (SSSR count). The zero-order valence-corrected chi connectivity index (χ0v) is 14.4. The monoisotopic (exact) mass is 359 g/mol. The molecule has 0 fully saturated rings. The molecule has 2 aromatic carbocycles. The van der Waals surface area contributed by atoms with Gasteiger partial charge in [0.2, 0.25) is 0 Å². The van der Waals surface area contributed by atoms with Crippen molar-refractivity contribution in [3.05, 3.63) is 90.3 Å². The van der Waals surface area contributed by atoms with Gasteiger partial charge in [0.05, 0.1) is 12.0 Å². The minimum absolute atomic E-state index is 0.129. The number of aromatic nitrogens is 6. The van der Waals surface area contributed by atoms with Crippen LogP contribution < -0.4 is 5.32 Å². The summed E-state index contributed by atoms with van der Waals surface area (Å²) in [6.07, 6.45) is 6.96. The van der Waals surface area contributed by atoms with E-state index in [0.29, 0.717) is 18.7 Å². The summed E-state index contributed by atoms with van der Waals surface area (Å²) in [5.41, 5.74) is 3.59. The van der Waals surface area contributed by atoms with Crippen LogP contribution in [0, 0.1) is 0 Å². The predicted molar refractivity (Wildman–Crippen MR) is 98.1 cm³/mol. The average Bonchev–Trinajstić information content (AvgIpc) is 3.41. The number of imidazole rings is 1. The van der Waals surface area contributed by atoms with E-state index in [1.54, 1.807) is 36.8 Å². The minimum Gasteiger partial charge on any atom is -0.348 e. The zero-order valence-electron chi connectivity index (χ0n) is 14.4. The minimum atomic E-state index is -0.129. The molecule has 0 saturated carbocycles. The van der Waals surface area contributed by atoms with Crippen molar-refractivity contribution in [2.45, 2.75) is 13.1 Å². The number of rotatable bonds is 6. The zero-order chi connectivity index (χ0) is 18.5. The van der Waals surface area contributed by atoms with Gasteiger partial charge in [0.25, 0.3) is 5.91 Å². The van der Waals surface area contributed by atoms with Crippen LogP contribution in [0.2, 0.25) is 0 Å². The Kier molecular flexibility index (Phi) is 4.69. The molecule has 2 heterocycles. The third-order valence-corrected chi connectivity index (χ3v) is 4.21. The summed E-state index contributed by atoms with van der Waals surface area (Å²) >= 11 is 0. The Balaban J connectivity index is 1.42. The molecule has 0 atom stereocenters. The molecule has 0 bridgehead atoms. The summed E-state index contributed by atoms with van der Waals surface area (Å²) in [5, 5.41) is 14.0. The van der Waals surface area contributed by atoms with Gasteiger partial charge in [-0.15, -0.1) is 5.10 Å². The van der Waals surface area contributed by atoms with Crippen LogP contribution >= 0.6 is 0 Å².